The minimum Gasteiger partial charge on any atom is -0.453 e. The van der Waals surface area contributed by atoms with E-state index in [1.54, 1.807) is 0 Å². The van der Waals surface area contributed by atoms with Crippen molar-refractivity contribution in [1.82, 2.24) is 15.1 Å². The van der Waals surface area contributed by atoms with Crippen LogP contribution in [0.2, 0.25) is 0 Å². The molecule has 1 aromatic heterocycles. The molecule has 0 bridgehead atoms. The van der Waals surface area contributed by atoms with Crippen LogP contribution in [0.1, 0.15) is 74.1 Å². The summed E-state index contributed by atoms with van der Waals surface area (Å²) in [6.07, 6.45) is 8.07. The summed E-state index contributed by atoms with van der Waals surface area (Å²) in [5, 5.41) is 7.45. The van der Waals surface area contributed by atoms with Crippen molar-refractivity contribution in [3.05, 3.63) is 59.9 Å². The number of allylic oxidation sites excluding steroid dienone is 1. The van der Waals surface area contributed by atoms with Gasteiger partial charge in [-0.2, -0.15) is 5.10 Å². The van der Waals surface area contributed by atoms with E-state index in [0.717, 1.165) is 55.4 Å². The van der Waals surface area contributed by atoms with E-state index in [1.807, 2.05) is 18.0 Å². The number of aromatic nitrogens is 2. The van der Waals surface area contributed by atoms with Gasteiger partial charge in [-0.15, -0.1) is 0 Å². The third-order valence-electron chi connectivity index (χ3n) is 7.14. The number of ether oxygens (including phenoxy) is 2. The summed E-state index contributed by atoms with van der Waals surface area (Å²) in [7, 11) is 1.45. The maximum absolute atomic E-state index is 12.6. The number of nitrogens with one attached hydrogen (secondary N) is 1. The minimum absolute atomic E-state index is 0.0819. The Labute approximate surface area is 191 Å². The number of methoxy groups -OCH3 is 1. The van der Waals surface area contributed by atoms with Crippen LogP contribution >= 0.6 is 0 Å². The Morgan fingerprint density at radius 1 is 1.19 bits per heavy atom. The number of rotatable bonds is 6. The first-order valence-electron chi connectivity index (χ1n) is 11.8. The highest BCUT2D eigenvalue weighted by molar-refractivity contribution is 5.69. The summed E-state index contributed by atoms with van der Waals surface area (Å²) in [4.78, 5) is 14.4. The topological polar surface area (TPSA) is 67.5 Å². The van der Waals surface area contributed by atoms with Gasteiger partial charge < -0.3 is 14.4 Å². The molecular weight excluding hydrogens is 402 g/mol. The number of hydrogen-bond donors (Lipinski definition) is 1. The lowest BCUT2D eigenvalue weighted by Crippen LogP contribution is -2.50. The first-order valence-corrected chi connectivity index (χ1v) is 11.8. The average Bonchev–Trinajstić information content (AvgIpc) is 3.33. The van der Waals surface area contributed by atoms with Crippen LogP contribution in [0, 0.1) is 0 Å². The number of benzene rings is 1. The number of H-pyrrole nitrogens is 1. The van der Waals surface area contributed by atoms with Gasteiger partial charge in [0.15, 0.2) is 0 Å². The molecule has 1 aliphatic carbocycles. The third kappa shape index (κ3) is 4.90. The molecular formula is C26H35N3O3. The second kappa shape index (κ2) is 10.3. The van der Waals surface area contributed by atoms with E-state index in [9.17, 15) is 4.79 Å². The van der Waals surface area contributed by atoms with Crippen molar-refractivity contribution in [2.24, 2.45) is 0 Å². The molecule has 2 unspecified atom stereocenters. The maximum atomic E-state index is 12.6. The average molecular weight is 438 g/mol. The van der Waals surface area contributed by atoms with E-state index in [4.69, 9.17) is 9.47 Å². The van der Waals surface area contributed by atoms with Crippen LogP contribution in [-0.4, -0.2) is 53.6 Å². The van der Waals surface area contributed by atoms with Crippen molar-refractivity contribution in [3.8, 4) is 0 Å². The van der Waals surface area contributed by atoms with E-state index in [1.165, 1.54) is 12.7 Å². The van der Waals surface area contributed by atoms with E-state index in [-0.39, 0.29) is 24.2 Å². The number of aromatic amines is 1. The normalized spacial score (nSPS) is 26.0. The lowest BCUT2D eigenvalue weighted by molar-refractivity contribution is -0.0242. The van der Waals surface area contributed by atoms with Gasteiger partial charge in [0, 0.05) is 23.7 Å². The molecule has 1 saturated heterocycles. The molecule has 0 spiro atoms. The summed E-state index contributed by atoms with van der Waals surface area (Å²) in [5.74, 6) is 0.742. The number of carbonyl (C=O) groups is 1. The predicted octanol–water partition coefficient (Wildman–Crippen LogP) is 5.50. The van der Waals surface area contributed by atoms with Crippen molar-refractivity contribution < 1.29 is 14.3 Å². The zero-order valence-corrected chi connectivity index (χ0v) is 19.3. The molecule has 2 aliphatic rings. The first kappa shape index (κ1) is 22.6. The van der Waals surface area contributed by atoms with Gasteiger partial charge in [0.1, 0.15) is 0 Å². The van der Waals surface area contributed by atoms with Crippen molar-refractivity contribution in [3.63, 3.8) is 0 Å². The van der Waals surface area contributed by atoms with Gasteiger partial charge in [-0.3, -0.25) is 5.10 Å². The van der Waals surface area contributed by atoms with Crippen LogP contribution in [0.25, 0.3) is 5.57 Å². The molecule has 2 aromatic rings. The highest BCUT2D eigenvalue weighted by Gasteiger charge is 2.38. The van der Waals surface area contributed by atoms with Crippen LogP contribution in [0.15, 0.2) is 43.1 Å². The third-order valence-corrected chi connectivity index (χ3v) is 7.14. The van der Waals surface area contributed by atoms with E-state index in [2.05, 4.69) is 47.1 Å². The molecule has 1 N–H and O–H groups in total. The number of carbonyl (C=O) groups excluding carboxylic acids is 1. The zero-order valence-electron chi connectivity index (χ0n) is 19.3. The molecule has 4 rings (SSSR count). The van der Waals surface area contributed by atoms with Crippen LogP contribution in [0.5, 0.6) is 0 Å². The molecule has 32 heavy (non-hydrogen) atoms. The van der Waals surface area contributed by atoms with Crippen LogP contribution < -0.4 is 0 Å². The first-order chi connectivity index (χ1) is 15.6. The van der Waals surface area contributed by atoms with Crippen molar-refractivity contribution in [2.75, 3.05) is 20.3 Å². The smallest absolute Gasteiger partial charge is 0.409 e. The maximum Gasteiger partial charge on any atom is 0.409 e. The van der Waals surface area contributed by atoms with E-state index >= 15 is 0 Å². The number of likely N-dealkylation sites (tertiary alicyclic amines) is 1. The fraction of sp³-hybridized carbons (Fsp3) is 0.538. The summed E-state index contributed by atoms with van der Waals surface area (Å²) >= 11 is 0. The minimum atomic E-state index is -0.285. The van der Waals surface area contributed by atoms with Crippen LogP contribution in [-0.2, 0) is 9.47 Å². The zero-order chi connectivity index (χ0) is 22.5. The summed E-state index contributed by atoms with van der Waals surface area (Å²) in [6, 6.07) is 10.7. The van der Waals surface area contributed by atoms with E-state index in [0.29, 0.717) is 19.1 Å². The Hall–Kier alpha value is -2.60. The molecule has 0 radical (unpaired) electrons. The summed E-state index contributed by atoms with van der Waals surface area (Å²) in [6.45, 7) is 7.29. The molecule has 1 aliphatic heterocycles. The van der Waals surface area contributed by atoms with Gasteiger partial charge in [-0.05, 0) is 62.5 Å². The Balaban J connectivity index is 1.44. The fourth-order valence-corrected chi connectivity index (χ4v) is 5.39. The molecule has 1 aromatic carbocycles. The van der Waals surface area contributed by atoms with Gasteiger partial charge in [-0.25, -0.2) is 4.79 Å². The number of amides is 1. The summed E-state index contributed by atoms with van der Waals surface area (Å²) in [5.41, 5.74) is 4.49. The SMILES string of the molecule is C=C(C)c1cn[nH]c1C1CCCN(C(=O)OC)C1COC1CCC(c2ccccc2)CC1. The monoisotopic (exact) mass is 437 g/mol. The highest BCUT2D eigenvalue weighted by Crippen LogP contribution is 2.37. The van der Waals surface area contributed by atoms with Crippen molar-refractivity contribution in [2.45, 2.75) is 69.4 Å². The Morgan fingerprint density at radius 3 is 2.62 bits per heavy atom. The standard InChI is InChI=1S/C26H35N3O3/c1-18(2)23-16-27-28-25(23)22-10-7-15-29(26(30)31-3)24(22)17-32-21-13-11-20(12-14-21)19-8-5-4-6-9-19/h4-6,8-9,16,20-22,24H,1,7,10-15,17H2,2-3H3,(H,27,28). The van der Waals surface area contributed by atoms with Gasteiger partial charge in [-0.1, -0.05) is 36.9 Å². The van der Waals surface area contributed by atoms with Crippen molar-refractivity contribution >= 4 is 11.7 Å². The molecule has 6 nitrogen and oxygen atoms in total. The van der Waals surface area contributed by atoms with Crippen LogP contribution in [0.3, 0.4) is 0 Å². The number of piperidine rings is 1. The molecule has 172 valence electrons. The highest BCUT2D eigenvalue weighted by atomic mass is 16.5. The Kier molecular flexibility index (Phi) is 7.30. The Bertz CT molecular complexity index is 902. The van der Waals surface area contributed by atoms with Crippen LogP contribution in [0.4, 0.5) is 4.79 Å². The predicted molar refractivity (Wildman–Crippen MR) is 126 cm³/mol. The van der Waals surface area contributed by atoms with Crippen molar-refractivity contribution in [1.29, 1.82) is 0 Å². The van der Waals surface area contributed by atoms with Gasteiger partial charge in [0.25, 0.3) is 0 Å². The lowest BCUT2D eigenvalue weighted by Gasteiger charge is -2.41. The van der Waals surface area contributed by atoms with E-state index < -0.39 is 0 Å². The molecule has 1 amide bonds. The molecule has 2 fully saturated rings. The molecule has 2 atom stereocenters. The molecule has 1 saturated carbocycles. The second-order valence-corrected chi connectivity index (χ2v) is 9.17. The van der Waals surface area contributed by atoms with Gasteiger partial charge in [0.05, 0.1) is 32.1 Å². The summed E-state index contributed by atoms with van der Waals surface area (Å²) < 4.78 is 11.6. The molecule has 2 heterocycles. The quantitative estimate of drug-likeness (QED) is 0.648. The van der Waals surface area contributed by atoms with Gasteiger partial charge in [0.2, 0.25) is 0 Å². The fourth-order valence-electron chi connectivity index (χ4n) is 5.39. The lowest BCUT2D eigenvalue weighted by atomic mass is 9.82. The second-order valence-electron chi connectivity index (χ2n) is 9.17. The molecule has 6 heteroatoms. The number of nitrogens with zero attached hydrogens (tertiary/aromatic N) is 2. The van der Waals surface area contributed by atoms with Gasteiger partial charge >= 0.3 is 6.09 Å². The largest absolute Gasteiger partial charge is 0.453 e. The Morgan fingerprint density at radius 2 is 1.94 bits per heavy atom. The number of hydrogen-bond acceptors (Lipinski definition) is 4.